The van der Waals surface area contributed by atoms with Crippen molar-refractivity contribution in [3.8, 4) is 66.8 Å². The molecule has 6 aromatic carbocycles. The molecule has 13 rings (SSSR count). The zero-order valence-corrected chi connectivity index (χ0v) is 56.4. The van der Waals surface area contributed by atoms with Crippen molar-refractivity contribution < 1.29 is 43.9 Å². The van der Waals surface area contributed by atoms with Crippen LogP contribution in [0.1, 0.15) is 112 Å². The van der Waals surface area contributed by atoms with E-state index in [0.717, 1.165) is 106 Å². The van der Waals surface area contributed by atoms with E-state index < -0.39 is 109 Å². The van der Waals surface area contributed by atoms with Crippen molar-refractivity contribution in [3.63, 3.8) is 0 Å². The molecule has 470 valence electrons. The van der Waals surface area contributed by atoms with Crippen LogP contribution in [0.15, 0.2) is 72.8 Å². The van der Waals surface area contributed by atoms with Crippen LogP contribution < -0.4 is 0 Å². The maximum atomic E-state index is 16.9. The van der Waals surface area contributed by atoms with Crippen LogP contribution >= 0.6 is 0 Å². The molecule has 0 atom stereocenters. The van der Waals surface area contributed by atoms with Crippen molar-refractivity contribution >= 4 is 94.7 Å². The average Bonchev–Trinajstić information content (AvgIpc) is 1.54. The third-order valence-corrected chi connectivity index (χ3v) is 22.1. The van der Waals surface area contributed by atoms with Crippen LogP contribution in [-0.4, -0.2) is 48.9 Å². The molecule has 12 bridgehead atoms. The summed E-state index contributed by atoms with van der Waals surface area (Å²) < 4.78 is 164. The number of benzene rings is 6. The van der Waals surface area contributed by atoms with E-state index in [-0.39, 0.29) is 22.8 Å². The standard InChI is InChI=1S/C78H56F10N4Se2/c1-33-25-37(5)57(38(6)26-33)63-49-17-13-45(89-49)61(67-69(79)73(83)77(87)74(84)70(67)80)46-14-19-51(90-46)65(59-41(9)29-35(3)30-42(59)10)55-23-24-56(94-55)66(60-43(11)31-36(4)32-44(60)12)52-20-16-48(92-52)62(68-71(81)75(85)78(88)76(86)72(68)82)47-15-18-50(91-47)64(54-22-21-53(63)93-54)58-39(7)27-34(2)28-40(58)8/h13-32H,1-12H3. The fourth-order valence-electron chi connectivity index (χ4n) is 14.0. The molecule has 0 saturated carbocycles. The topological polar surface area (TPSA) is 51.6 Å². The van der Waals surface area contributed by atoms with Gasteiger partial charge in [0.1, 0.15) is 0 Å². The molecular formula is C78H56F10N4Se2. The summed E-state index contributed by atoms with van der Waals surface area (Å²) in [4.78, 5) is 20.6. The van der Waals surface area contributed by atoms with Crippen LogP contribution in [0.5, 0.6) is 0 Å². The van der Waals surface area contributed by atoms with Gasteiger partial charge in [0.25, 0.3) is 0 Å². The number of aryl methyl sites for hydroxylation is 12. The minimum absolute atomic E-state index is 0.133. The summed E-state index contributed by atoms with van der Waals surface area (Å²) in [5, 5.41) is 0. The molecule has 0 N–H and O–H groups in total. The third kappa shape index (κ3) is 10.6. The summed E-state index contributed by atoms with van der Waals surface area (Å²) in [5.74, 6) is -21.5. The molecule has 0 amide bonds. The van der Waals surface area contributed by atoms with Crippen molar-refractivity contribution in [3.05, 3.63) is 243 Å². The van der Waals surface area contributed by atoms with Gasteiger partial charge in [0.05, 0.1) is 0 Å². The predicted octanol–water partition coefficient (Wildman–Crippen LogP) is 21.2. The van der Waals surface area contributed by atoms with Crippen LogP contribution in [0.3, 0.4) is 0 Å². The number of aromatic nitrogens is 4. The molecule has 0 radical (unpaired) electrons. The van der Waals surface area contributed by atoms with Gasteiger partial charge in [0.2, 0.25) is 0 Å². The van der Waals surface area contributed by atoms with E-state index in [1.165, 1.54) is 24.3 Å². The van der Waals surface area contributed by atoms with Crippen LogP contribution in [0.2, 0.25) is 0 Å². The number of rotatable bonds is 6. The van der Waals surface area contributed by atoms with Crippen molar-refractivity contribution in [2.24, 2.45) is 0 Å². The Morgan fingerprint density at radius 3 is 0.543 bits per heavy atom. The zero-order chi connectivity index (χ0) is 66.9. The minimum atomic E-state index is -2.32. The Morgan fingerprint density at radius 1 is 0.202 bits per heavy atom. The Bertz CT molecular complexity index is 4670. The average molecular weight is 1400 g/mol. The maximum absolute atomic E-state index is 16.9. The first-order valence-electron chi connectivity index (χ1n) is 30.1. The van der Waals surface area contributed by atoms with E-state index in [2.05, 4.69) is 0 Å². The molecular weight excluding hydrogens is 1340 g/mol. The Kier molecular flexibility index (Phi) is 16.3. The Labute approximate surface area is 548 Å². The molecule has 7 heterocycles. The molecule has 0 aliphatic carbocycles. The second kappa shape index (κ2) is 24.1. The number of halogens is 10. The monoisotopic (exact) mass is 1400 g/mol. The molecule has 4 aliphatic heterocycles. The van der Waals surface area contributed by atoms with Gasteiger partial charge in [-0.1, -0.05) is 0 Å². The van der Waals surface area contributed by atoms with Crippen LogP contribution in [0, 0.1) is 141 Å². The molecule has 0 unspecified atom stereocenters. The normalized spacial score (nSPS) is 12.4. The van der Waals surface area contributed by atoms with E-state index in [0.29, 0.717) is 45.0 Å². The van der Waals surface area contributed by atoms with Gasteiger partial charge >= 0.3 is 552 Å². The van der Waals surface area contributed by atoms with E-state index in [4.69, 9.17) is 19.9 Å². The van der Waals surface area contributed by atoms with Crippen molar-refractivity contribution in [1.29, 1.82) is 0 Å². The summed E-state index contributed by atoms with van der Waals surface area (Å²) >= 11 is -1.39. The van der Waals surface area contributed by atoms with Gasteiger partial charge in [-0.15, -0.1) is 0 Å². The first kappa shape index (κ1) is 63.7. The van der Waals surface area contributed by atoms with Crippen molar-refractivity contribution in [1.82, 2.24) is 19.9 Å². The molecule has 16 heteroatoms. The molecule has 0 saturated heterocycles. The Balaban J connectivity index is 1.30. The van der Waals surface area contributed by atoms with E-state index >= 15 is 43.9 Å². The van der Waals surface area contributed by atoms with E-state index in [9.17, 15) is 0 Å². The van der Waals surface area contributed by atoms with Gasteiger partial charge in [-0.3, -0.25) is 0 Å². The molecule has 94 heavy (non-hydrogen) atoms. The summed E-state index contributed by atoms with van der Waals surface area (Å²) in [5.41, 5.74) is 13.5. The summed E-state index contributed by atoms with van der Waals surface area (Å²) in [7, 11) is 0. The number of nitrogens with zero attached hydrogens (tertiary/aromatic N) is 4. The fraction of sp³-hybridized carbons (Fsp3) is 0.154. The predicted molar refractivity (Wildman–Crippen MR) is 362 cm³/mol. The van der Waals surface area contributed by atoms with E-state index in [1.807, 2.05) is 156 Å². The van der Waals surface area contributed by atoms with Gasteiger partial charge in [0, 0.05) is 0 Å². The Hall–Kier alpha value is -9.04. The molecule has 4 nitrogen and oxygen atoms in total. The van der Waals surface area contributed by atoms with Crippen LogP contribution in [-0.2, 0) is 0 Å². The summed E-state index contributed by atoms with van der Waals surface area (Å²) in [6.07, 6.45) is 12.6. The van der Waals surface area contributed by atoms with Crippen LogP contribution in [0.4, 0.5) is 43.9 Å². The molecule has 0 spiro atoms. The molecule has 9 aromatic rings. The van der Waals surface area contributed by atoms with Gasteiger partial charge in [-0.2, -0.15) is 0 Å². The van der Waals surface area contributed by atoms with Crippen molar-refractivity contribution in [2.75, 3.05) is 0 Å². The molecule has 0 fully saturated rings. The van der Waals surface area contributed by atoms with Gasteiger partial charge in [-0.05, 0) is 0 Å². The quantitative estimate of drug-likeness (QED) is 0.0720. The van der Waals surface area contributed by atoms with Gasteiger partial charge < -0.3 is 0 Å². The first-order valence-corrected chi connectivity index (χ1v) is 33.5. The van der Waals surface area contributed by atoms with Crippen LogP contribution in [0.25, 0.3) is 132 Å². The zero-order valence-electron chi connectivity index (χ0n) is 52.9. The SMILES string of the molecule is Cc1cc(C)c(-c2c3nc(c(-c4c(F)c(F)c(F)c(F)c4F)c4nc(c(-c5c(C)cc(C)cc5C)c5ccc([se]5)c(-c5c(C)cc(C)cc5C)c5nc(c(-c6c(F)c(F)c(F)c(F)c6F)c6nc(c(-c7c(C)cc(C)cc7C)c7ccc2[se]7)C=C6)C=C5)C=C4)C=C3)c(C)c1. The number of hydrogen-bond donors (Lipinski definition) is 0. The van der Waals surface area contributed by atoms with Gasteiger partial charge in [0.15, 0.2) is 0 Å². The van der Waals surface area contributed by atoms with Crippen molar-refractivity contribution in [2.45, 2.75) is 83.1 Å². The molecule has 3 aromatic heterocycles. The second-order valence-electron chi connectivity index (χ2n) is 24.4. The third-order valence-electron chi connectivity index (χ3n) is 17.4. The molecule has 4 aliphatic rings. The second-order valence-corrected chi connectivity index (χ2v) is 29.0. The van der Waals surface area contributed by atoms with Gasteiger partial charge in [-0.25, -0.2) is 0 Å². The summed E-state index contributed by atoms with van der Waals surface area (Å²) in [6.45, 7) is 23.4. The summed E-state index contributed by atoms with van der Waals surface area (Å²) in [6, 6.07) is 23.8. The first-order chi connectivity index (χ1) is 44.7. The number of fused-ring (bicyclic) bond motifs is 12. The van der Waals surface area contributed by atoms with E-state index in [1.54, 1.807) is 24.3 Å². The Morgan fingerprint density at radius 2 is 0.362 bits per heavy atom. The fourth-order valence-corrected chi connectivity index (χ4v) is 18.7. The number of hydrogen-bond acceptors (Lipinski definition) is 4.